The Morgan fingerprint density at radius 1 is 1.60 bits per heavy atom. The van der Waals surface area contributed by atoms with Crippen LogP contribution in [-0.4, -0.2) is 23.0 Å². The van der Waals surface area contributed by atoms with Crippen LogP contribution in [0.25, 0.3) is 0 Å². The summed E-state index contributed by atoms with van der Waals surface area (Å²) in [7, 11) is 0. The molecule has 1 aliphatic heterocycles. The lowest BCUT2D eigenvalue weighted by atomic mass is 10.2. The molecule has 1 heterocycles. The van der Waals surface area contributed by atoms with Crippen LogP contribution in [-0.2, 0) is 0 Å². The van der Waals surface area contributed by atoms with Crippen LogP contribution in [0.5, 0.6) is 0 Å². The molecule has 0 bridgehead atoms. The number of hydrogen-bond acceptors (Lipinski definition) is 2. The van der Waals surface area contributed by atoms with Crippen LogP contribution < -0.4 is 0 Å². The molecule has 0 spiro atoms. The first-order chi connectivity index (χ1) is 4.93. The Labute approximate surface area is 75.0 Å². The smallest absolute Gasteiger partial charge is 0.122 e. The Morgan fingerprint density at radius 2 is 2.50 bits per heavy atom. The van der Waals surface area contributed by atoms with Gasteiger partial charge < -0.3 is 0 Å². The van der Waals surface area contributed by atoms with Gasteiger partial charge >= 0.3 is 0 Å². The Bertz CT molecular complexity index is 152. The molecule has 3 heteroatoms. The summed E-state index contributed by atoms with van der Waals surface area (Å²) in [6, 6.07) is 0. The van der Waals surface area contributed by atoms with Crippen LogP contribution in [0.15, 0.2) is 9.98 Å². The van der Waals surface area contributed by atoms with E-state index in [4.69, 9.17) is 0 Å². The molecule has 56 valence electrons. The lowest BCUT2D eigenvalue weighted by Gasteiger charge is -2.05. The van der Waals surface area contributed by atoms with Crippen molar-refractivity contribution >= 4 is 34.6 Å². The molecule has 0 amide bonds. The summed E-state index contributed by atoms with van der Waals surface area (Å²) in [5.41, 5.74) is 0. The molecule has 0 N–H and O–H groups in total. The second kappa shape index (κ2) is 4.82. The van der Waals surface area contributed by atoms with E-state index in [1.807, 2.05) is 6.21 Å². The fourth-order valence-electron chi connectivity index (χ4n) is 0.927. The van der Waals surface area contributed by atoms with Crippen molar-refractivity contribution in [2.45, 2.75) is 19.3 Å². The number of alkyl halides is 1. The third-order valence-electron chi connectivity index (χ3n) is 1.41. The average molecular weight is 250 g/mol. The molecular formula is C7H11IN2. The van der Waals surface area contributed by atoms with Crippen molar-refractivity contribution in [3.05, 3.63) is 0 Å². The van der Waals surface area contributed by atoms with E-state index in [0.29, 0.717) is 0 Å². The largest absolute Gasteiger partial charge is 0.271 e. The number of aliphatic imine (C=N–C) groups is 2. The molecule has 0 aliphatic carbocycles. The van der Waals surface area contributed by atoms with E-state index in [9.17, 15) is 0 Å². The molecule has 2 nitrogen and oxygen atoms in total. The van der Waals surface area contributed by atoms with Crippen LogP contribution in [0.1, 0.15) is 19.3 Å². The van der Waals surface area contributed by atoms with Gasteiger partial charge in [0, 0.05) is 23.6 Å². The van der Waals surface area contributed by atoms with Crippen molar-refractivity contribution in [1.29, 1.82) is 0 Å². The van der Waals surface area contributed by atoms with E-state index in [0.717, 1.165) is 23.2 Å². The van der Waals surface area contributed by atoms with Crippen molar-refractivity contribution in [2.75, 3.05) is 11.0 Å². The van der Waals surface area contributed by atoms with E-state index in [1.54, 1.807) is 0 Å². The van der Waals surface area contributed by atoms with E-state index in [1.165, 1.54) is 12.8 Å². The van der Waals surface area contributed by atoms with Gasteiger partial charge in [0.15, 0.2) is 0 Å². The summed E-state index contributed by atoms with van der Waals surface area (Å²) in [4.78, 5) is 8.50. The predicted octanol–water partition coefficient (Wildman–Crippen LogP) is 2.07. The second-order valence-corrected chi connectivity index (χ2v) is 3.10. The highest BCUT2D eigenvalue weighted by molar-refractivity contribution is 14.1. The predicted molar refractivity (Wildman–Crippen MR) is 53.5 cm³/mol. The minimum absolute atomic E-state index is 0.980. The molecule has 0 radical (unpaired) electrons. The first-order valence-corrected chi connectivity index (χ1v) is 5.08. The summed E-state index contributed by atoms with van der Waals surface area (Å²) in [5.74, 6) is 1.04. The average Bonchev–Trinajstić information content (AvgIpc) is 2.03. The van der Waals surface area contributed by atoms with E-state index in [-0.39, 0.29) is 0 Å². The third kappa shape index (κ3) is 2.77. The molecular weight excluding hydrogens is 239 g/mol. The maximum Gasteiger partial charge on any atom is 0.122 e. The minimum atomic E-state index is 0.980. The maximum atomic E-state index is 4.28. The van der Waals surface area contributed by atoms with Crippen molar-refractivity contribution < 1.29 is 0 Å². The zero-order valence-electron chi connectivity index (χ0n) is 5.89. The van der Waals surface area contributed by atoms with Gasteiger partial charge in [0.05, 0.1) is 0 Å². The molecule has 0 aromatic heterocycles. The number of nitrogens with zero attached hydrogens (tertiary/aromatic N) is 2. The molecule has 0 unspecified atom stereocenters. The van der Waals surface area contributed by atoms with Gasteiger partial charge in [0.1, 0.15) is 5.84 Å². The van der Waals surface area contributed by atoms with Gasteiger partial charge in [-0.3, -0.25) is 4.99 Å². The Morgan fingerprint density at radius 3 is 3.10 bits per heavy atom. The lowest BCUT2D eigenvalue weighted by Crippen LogP contribution is -2.03. The van der Waals surface area contributed by atoms with Gasteiger partial charge in [0.2, 0.25) is 0 Å². The van der Waals surface area contributed by atoms with Gasteiger partial charge in [0.25, 0.3) is 0 Å². The Kier molecular flexibility index (Phi) is 3.94. The van der Waals surface area contributed by atoms with Crippen LogP contribution in [0.3, 0.4) is 0 Å². The fourth-order valence-corrected chi connectivity index (χ4v) is 1.12. The Balaban J connectivity index is 2.38. The first kappa shape index (κ1) is 8.17. The summed E-state index contributed by atoms with van der Waals surface area (Å²) >= 11 is 2.28. The summed E-state index contributed by atoms with van der Waals surface area (Å²) in [6.07, 6.45) is 5.50. The van der Waals surface area contributed by atoms with E-state index >= 15 is 0 Å². The number of rotatable bonds is 1. The van der Waals surface area contributed by atoms with Crippen LogP contribution >= 0.6 is 22.6 Å². The SMILES string of the molecule is ICC=NC1=NCCCC1. The highest BCUT2D eigenvalue weighted by atomic mass is 127. The van der Waals surface area contributed by atoms with Gasteiger partial charge in [-0.15, -0.1) is 0 Å². The van der Waals surface area contributed by atoms with Gasteiger partial charge in [-0.1, -0.05) is 22.6 Å². The third-order valence-corrected chi connectivity index (χ3v) is 1.81. The second-order valence-electron chi connectivity index (χ2n) is 2.22. The van der Waals surface area contributed by atoms with Crippen LogP contribution in [0.2, 0.25) is 0 Å². The monoisotopic (exact) mass is 250 g/mol. The summed E-state index contributed by atoms with van der Waals surface area (Å²) in [6.45, 7) is 0.980. The zero-order chi connectivity index (χ0) is 7.23. The van der Waals surface area contributed by atoms with E-state index in [2.05, 4.69) is 32.6 Å². The molecule has 0 aromatic carbocycles. The first-order valence-electron chi connectivity index (χ1n) is 3.55. The molecule has 0 fully saturated rings. The molecule has 0 aromatic rings. The van der Waals surface area contributed by atoms with Crippen LogP contribution in [0, 0.1) is 0 Å². The Hall–Kier alpha value is 0.0700. The minimum Gasteiger partial charge on any atom is -0.271 e. The zero-order valence-corrected chi connectivity index (χ0v) is 8.04. The highest BCUT2D eigenvalue weighted by Gasteiger charge is 2.00. The van der Waals surface area contributed by atoms with Crippen LogP contribution in [0.4, 0.5) is 0 Å². The lowest BCUT2D eigenvalue weighted by molar-refractivity contribution is 0.734. The standard InChI is InChI=1S/C7H11IN2/c8-4-6-10-7-3-1-2-5-9-7/h6H,1-5H2. The van der Waals surface area contributed by atoms with Gasteiger partial charge in [-0.2, -0.15) is 0 Å². The fraction of sp³-hybridized carbons (Fsp3) is 0.714. The van der Waals surface area contributed by atoms with E-state index < -0.39 is 0 Å². The number of hydrogen-bond donors (Lipinski definition) is 0. The molecule has 1 aliphatic rings. The molecule has 0 atom stereocenters. The number of halogens is 1. The molecule has 0 saturated carbocycles. The van der Waals surface area contributed by atoms with Crippen molar-refractivity contribution in [2.24, 2.45) is 9.98 Å². The topological polar surface area (TPSA) is 24.7 Å². The normalized spacial score (nSPS) is 19.5. The van der Waals surface area contributed by atoms with Gasteiger partial charge in [-0.25, -0.2) is 4.99 Å². The van der Waals surface area contributed by atoms with Crippen molar-refractivity contribution in [3.63, 3.8) is 0 Å². The van der Waals surface area contributed by atoms with Crippen molar-refractivity contribution in [1.82, 2.24) is 0 Å². The quantitative estimate of drug-likeness (QED) is 0.386. The summed E-state index contributed by atoms with van der Waals surface area (Å²) in [5, 5.41) is 0. The number of amidine groups is 1. The maximum absolute atomic E-state index is 4.28. The van der Waals surface area contributed by atoms with Crippen molar-refractivity contribution in [3.8, 4) is 0 Å². The molecule has 0 saturated heterocycles. The highest BCUT2D eigenvalue weighted by Crippen LogP contribution is 2.05. The molecule has 1 rings (SSSR count). The summed E-state index contributed by atoms with van der Waals surface area (Å²) < 4.78 is 0.983. The molecule has 10 heavy (non-hydrogen) atoms. The van der Waals surface area contributed by atoms with Gasteiger partial charge in [-0.05, 0) is 12.8 Å².